The predicted molar refractivity (Wildman–Crippen MR) is 138 cm³/mol. The van der Waals surface area contributed by atoms with Crippen LogP contribution in [-0.2, 0) is 15.7 Å². The number of alkyl carbamates (subject to hydrolysis) is 1. The van der Waals surface area contributed by atoms with Gasteiger partial charge in [0.15, 0.2) is 11.5 Å². The van der Waals surface area contributed by atoms with Crippen LogP contribution in [0.1, 0.15) is 40.4 Å². The molecule has 40 heavy (non-hydrogen) atoms. The number of carbonyl (C=O) groups is 2. The van der Waals surface area contributed by atoms with E-state index >= 15 is 0 Å². The average Bonchev–Trinajstić information content (AvgIpc) is 2.85. The van der Waals surface area contributed by atoms with E-state index in [2.05, 4.69) is 5.32 Å². The number of ether oxygens (including phenoxy) is 4. The van der Waals surface area contributed by atoms with Crippen LogP contribution in [0.25, 0.3) is 22.1 Å². The van der Waals surface area contributed by atoms with Crippen molar-refractivity contribution in [3.05, 3.63) is 52.4 Å². The molecule has 3 aromatic rings. The van der Waals surface area contributed by atoms with Gasteiger partial charge in [0.1, 0.15) is 36.2 Å². The van der Waals surface area contributed by atoms with Crippen LogP contribution in [0.4, 0.5) is 18.0 Å². The molecule has 0 spiro atoms. The van der Waals surface area contributed by atoms with Gasteiger partial charge < -0.3 is 28.7 Å². The molecule has 1 amide bonds. The summed E-state index contributed by atoms with van der Waals surface area (Å²) in [5.41, 5.74) is -2.93. The summed E-state index contributed by atoms with van der Waals surface area (Å²) >= 11 is 0. The Morgan fingerprint density at radius 2 is 1.65 bits per heavy atom. The van der Waals surface area contributed by atoms with Gasteiger partial charge in [-0.25, -0.2) is 9.59 Å². The van der Waals surface area contributed by atoms with E-state index in [1.165, 1.54) is 30.3 Å². The molecule has 1 aliphatic rings. The number of halogens is 3. The van der Waals surface area contributed by atoms with E-state index < -0.39 is 58.1 Å². The number of fused-ring (bicyclic) bond motifs is 2. The number of esters is 1. The summed E-state index contributed by atoms with van der Waals surface area (Å²) in [6.45, 7) is 8.81. The minimum Gasteiger partial charge on any atom is -0.486 e. The topological polar surface area (TPSA) is 113 Å². The number of benzene rings is 2. The highest BCUT2D eigenvalue weighted by Gasteiger charge is 2.40. The molecule has 0 aliphatic carbocycles. The van der Waals surface area contributed by atoms with Crippen LogP contribution in [0.3, 0.4) is 0 Å². The first-order valence-electron chi connectivity index (χ1n) is 12.4. The van der Waals surface area contributed by atoms with Crippen molar-refractivity contribution in [3.8, 4) is 28.4 Å². The van der Waals surface area contributed by atoms with Crippen LogP contribution in [0.15, 0.2) is 45.6 Å². The lowest BCUT2D eigenvalue weighted by Gasteiger charge is -2.24. The molecule has 1 aliphatic heterocycles. The average molecular weight is 564 g/mol. The van der Waals surface area contributed by atoms with Crippen molar-refractivity contribution in [1.82, 2.24) is 5.32 Å². The summed E-state index contributed by atoms with van der Waals surface area (Å²) in [6.07, 6.45) is -5.86. The molecule has 0 bridgehead atoms. The smallest absolute Gasteiger partial charge is 0.450 e. The zero-order chi connectivity index (χ0) is 29.4. The van der Waals surface area contributed by atoms with E-state index in [0.29, 0.717) is 12.4 Å². The summed E-state index contributed by atoms with van der Waals surface area (Å²) in [7, 11) is 0. The fourth-order valence-corrected chi connectivity index (χ4v) is 4.01. The molecule has 1 N–H and O–H groups in total. The van der Waals surface area contributed by atoms with Gasteiger partial charge in [-0.3, -0.25) is 4.79 Å². The maximum Gasteiger partial charge on any atom is 0.450 e. The molecule has 0 saturated heterocycles. The first kappa shape index (κ1) is 28.8. The molecule has 0 unspecified atom stereocenters. The summed E-state index contributed by atoms with van der Waals surface area (Å²) in [6, 6.07) is 6.39. The molecule has 2 aromatic carbocycles. The third-order valence-corrected chi connectivity index (χ3v) is 5.76. The minimum absolute atomic E-state index is 0.0595. The molecule has 0 radical (unpaired) electrons. The third-order valence-electron chi connectivity index (χ3n) is 5.76. The second-order valence-corrected chi connectivity index (χ2v) is 10.4. The monoisotopic (exact) mass is 563 g/mol. The van der Waals surface area contributed by atoms with Crippen molar-refractivity contribution in [2.75, 3.05) is 13.2 Å². The normalized spacial score (nSPS) is 14.1. The van der Waals surface area contributed by atoms with E-state index in [-0.39, 0.29) is 29.1 Å². The van der Waals surface area contributed by atoms with E-state index in [9.17, 15) is 27.6 Å². The lowest BCUT2D eigenvalue weighted by molar-refractivity contribution is -0.152. The SMILES string of the molecule is CC(C)[C@@H](NC(=O)OC(C)(C)C)C(=O)Oc1ccc2c(=O)c(-c3ccc4c(c3)OCCO4)c(C(F)(F)F)oc2c1. The Morgan fingerprint density at radius 3 is 2.27 bits per heavy atom. The Labute approximate surface area is 227 Å². The molecular weight excluding hydrogens is 535 g/mol. The van der Waals surface area contributed by atoms with Crippen molar-refractivity contribution in [2.45, 2.75) is 52.4 Å². The Hall–Kier alpha value is -4.22. The van der Waals surface area contributed by atoms with Gasteiger partial charge >= 0.3 is 18.2 Å². The van der Waals surface area contributed by atoms with Crippen LogP contribution in [0.5, 0.6) is 17.2 Å². The van der Waals surface area contributed by atoms with E-state index in [4.69, 9.17) is 23.4 Å². The Morgan fingerprint density at radius 1 is 0.975 bits per heavy atom. The van der Waals surface area contributed by atoms with Crippen LogP contribution in [0, 0.1) is 5.92 Å². The third kappa shape index (κ3) is 6.32. The van der Waals surface area contributed by atoms with Crippen molar-refractivity contribution < 1.29 is 46.1 Å². The first-order chi connectivity index (χ1) is 18.6. The maximum atomic E-state index is 14.1. The summed E-state index contributed by atoms with van der Waals surface area (Å²) in [5, 5.41) is 2.28. The van der Waals surface area contributed by atoms with Crippen LogP contribution in [-0.4, -0.2) is 36.9 Å². The van der Waals surface area contributed by atoms with E-state index in [1.54, 1.807) is 34.6 Å². The number of carbonyl (C=O) groups excluding carboxylic acids is 2. The lowest BCUT2D eigenvalue weighted by atomic mass is 10.0. The Kier molecular flexibility index (Phi) is 7.73. The highest BCUT2D eigenvalue weighted by Crippen LogP contribution is 2.40. The molecule has 1 aromatic heterocycles. The molecule has 0 saturated carbocycles. The molecular formula is C28H28F3NO8. The summed E-state index contributed by atoms with van der Waals surface area (Å²) in [4.78, 5) is 38.4. The van der Waals surface area contributed by atoms with Gasteiger partial charge in [0.25, 0.3) is 0 Å². The summed E-state index contributed by atoms with van der Waals surface area (Å²) in [5.74, 6) is -2.44. The first-order valence-corrected chi connectivity index (χ1v) is 12.4. The minimum atomic E-state index is -5.03. The largest absolute Gasteiger partial charge is 0.486 e. The molecule has 214 valence electrons. The van der Waals surface area contributed by atoms with Gasteiger partial charge in [0, 0.05) is 6.07 Å². The van der Waals surface area contributed by atoms with Gasteiger partial charge in [-0.2, -0.15) is 13.2 Å². The molecule has 2 heterocycles. The number of rotatable bonds is 5. The highest BCUT2D eigenvalue weighted by molar-refractivity contribution is 5.87. The standard InChI is InChI=1S/C28H28F3NO8/c1-14(2)22(32-26(35)40-27(3,4)5)25(34)38-16-7-8-17-19(13-16)39-24(28(29,30)31)21(23(17)33)15-6-9-18-20(12-15)37-11-10-36-18/h6-9,12-14,22H,10-11H2,1-5H3,(H,32,35)/t22-/m1/s1. The van der Waals surface area contributed by atoms with Gasteiger partial charge in [-0.05, 0) is 56.5 Å². The predicted octanol–water partition coefficient (Wildman–Crippen LogP) is 5.70. The molecule has 1 atom stereocenters. The second kappa shape index (κ2) is 10.7. The number of hydrogen-bond donors (Lipinski definition) is 1. The maximum absolute atomic E-state index is 14.1. The van der Waals surface area contributed by atoms with Gasteiger partial charge in [0.2, 0.25) is 11.2 Å². The molecule has 0 fully saturated rings. The number of amides is 1. The van der Waals surface area contributed by atoms with Gasteiger partial charge in [-0.15, -0.1) is 0 Å². The zero-order valence-electron chi connectivity index (χ0n) is 22.4. The fourth-order valence-electron chi connectivity index (χ4n) is 4.01. The quantitative estimate of drug-likeness (QED) is 0.311. The Bertz CT molecular complexity index is 1500. The lowest BCUT2D eigenvalue weighted by Crippen LogP contribution is -2.48. The van der Waals surface area contributed by atoms with Crippen molar-refractivity contribution in [2.24, 2.45) is 5.92 Å². The van der Waals surface area contributed by atoms with E-state index in [1.807, 2.05) is 0 Å². The molecule has 9 nitrogen and oxygen atoms in total. The second-order valence-electron chi connectivity index (χ2n) is 10.4. The fraction of sp³-hybridized carbons (Fsp3) is 0.393. The number of nitrogens with one attached hydrogen (secondary N) is 1. The molecule has 12 heteroatoms. The van der Waals surface area contributed by atoms with Crippen molar-refractivity contribution in [3.63, 3.8) is 0 Å². The van der Waals surface area contributed by atoms with Gasteiger partial charge in [0.05, 0.1) is 10.9 Å². The van der Waals surface area contributed by atoms with Crippen LogP contribution < -0.4 is 25.0 Å². The van der Waals surface area contributed by atoms with Crippen molar-refractivity contribution in [1.29, 1.82) is 0 Å². The van der Waals surface area contributed by atoms with Crippen LogP contribution >= 0.6 is 0 Å². The number of hydrogen-bond acceptors (Lipinski definition) is 8. The van der Waals surface area contributed by atoms with E-state index in [0.717, 1.165) is 6.07 Å². The highest BCUT2D eigenvalue weighted by atomic mass is 19.4. The van der Waals surface area contributed by atoms with Crippen LogP contribution in [0.2, 0.25) is 0 Å². The number of alkyl halides is 3. The van der Waals surface area contributed by atoms with Gasteiger partial charge in [-0.1, -0.05) is 19.9 Å². The molecule has 4 rings (SSSR count). The van der Waals surface area contributed by atoms with Crippen molar-refractivity contribution >= 4 is 23.0 Å². The Balaban J connectivity index is 1.69. The zero-order valence-corrected chi connectivity index (χ0v) is 22.4. The summed E-state index contributed by atoms with van der Waals surface area (Å²) < 4.78 is 68.9.